The predicted molar refractivity (Wildman–Crippen MR) is 72.8 cm³/mol. The molecule has 17 heavy (non-hydrogen) atoms. The summed E-state index contributed by atoms with van der Waals surface area (Å²) in [6, 6.07) is 0.402. The normalized spacial score (nSPS) is 15.1. The van der Waals surface area contributed by atoms with Crippen molar-refractivity contribution < 1.29 is 4.79 Å². The topological polar surface area (TPSA) is 58.4 Å². The molecule has 0 aliphatic rings. The zero-order valence-corrected chi connectivity index (χ0v) is 12.0. The molecule has 0 fully saturated rings. The average Bonchev–Trinajstić information content (AvgIpc) is 2.32. The van der Waals surface area contributed by atoms with Gasteiger partial charge in [0.05, 0.1) is 0 Å². The fourth-order valence-corrected chi connectivity index (χ4v) is 2.09. The fourth-order valence-electron chi connectivity index (χ4n) is 2.09. The zero-order chi connectivity index (χ0) is 13.4. The summed E-state index contributed by atoms with van der Waals surface area (Å²) in [5, 5.41) is 3.00. The van der Waals surface area contributed by atoms with Crippen LogP contribution in [-0.4, -0.2) is 44.0 Å². The summed E-state index contributed by atoms with van der Waals surface area (Å²) in [5.74, 6) is 0.586. The van der Waals surface area contributed by atoms with Crippen LogP contribution >= 0.6 is 0 Å². The molecule has 0 radical (unpaired) electrons. The summed E-state index contributed by atoms with van der Waals surface area (Å²) in [7, 11) is 4.14. The summed E-state index contributed by atoms with van der Waals surface area (Å²) in [5.41, 5.74) is 5.48. The van der Waals surface area contributed by atoms with Gasteiger partial charge in [-0.1, -0.05) is 33.6 Å². The third kappa shape index (κ3) is 5.50. The van der Waals surface area contributed by atoms with Crippen molar-refractivity contribution in [3.8, 4) is 0 Å². The molecule has 0 aliphatic carbocycles. The molecule has 2 atom stereocenters. The molecule has 0 rings (SSSR count). The molecule has 0 aromatic carbocycles. The number of hydrogen-bond donors (Lipinski definition) is 2. The number of carbonyl (C=O) groups excluding carboxylic acids is 1. The number of carbonyl (C=O) groups is 1. The molecule has 2 unspecified atom stereocenters. The Labute approximate surface area is 106 Å². The second kappa shape index (κ2) is 8.48. The van der Waals surface area contributed by atoms with Crippen molar-refractivity contribution >= 4 is 5.91 Å². The van der Waals surface area contributed by atoms with Gasteiger partial charge in [-0.05, 0) is 20.0 Å². The van der Waals surface area contributed by atoms with E-state index in [2.05, 4.69) is 38.2 Å². The molecule has 0 saturated heterocycles. The molecule has 0 aliphatic heterocycles. The van der Waals surface area contributed by atoms with Crippen molar-refractivity contribution in [2.24, 2.45) is 17.6 Å². The van der Waals surface area contributed by atoms with Crippen LogP contribution in [-0.2, 0) is 4.79 Å². The molecule has 0 bridgehead atoms. The SMILES string of the molecule is CCC(CC)C(CNC(=O)C(C)CN)N(C)C. The minimum Gasteiger partial charge on any atom is -0.354 e. The first-order chi connectivity index (χ1) is 7.97. The van der Waals surface area contributed by atoms with Crippen LogP contribution in [0.2, 0.25) is 0 Å². The number of amides is 1. The molecule has 3 N–H and O–H groups in total. The largest absolute Gasteiger partial charge is 0.354 e. The number of nitrogens with one attached hydrogen (secondary N) is 1. The van der Waals surface area contributed by atoms with Gasteiger partial charge >= 0.3 is 0 Å². The third-order valence-corrected chi connectivity index (χ3v) is 3.54. The van der Waals surface area contributed by atoms with Crippen LogP contribution in [0, 0.1) is 11.8 Å². The van der Waals surface area contributed by atoms with Crippen LogP contribution < -0.4 is 11.1 Å². The quantitative estimate of drug-likeness (QED) is 0.670. The minimum absolute atomic E-state index is 0.0605. The molecule has 1 amide bonds. The Kier molecular flexibility index (Phi) is 8.17. The lowest BCUT2D eigenvalue weighted by Gasteiger charge is -2.31. The van der Waals surface area contributed by atoms with E-state index in [9.17, 15) is 4.79 Å². The van der Waals surface area contributed by atoms with Crippen LogP contribution in [0.25, 0.3) is 0 Å². The first-order valence-electron chi connectivity index (χ1n) is 6.62. The van der Waals surface area contributed by atoms with Crippen LogP contribution in [0.1, 0.15) is 33.6 Å². The van der Waals surface area contributed by atoms with Gasteiger partial charge in [0.1, 0.15) is 0 Å². The van der Waals surface area contributed by atoms with E-state index in [1.165, 1.54) is 0 Å². The molecule has 102 valence electrons. The Morgan fingerprint density at radius 2 is 1.82 bits per heavy atom. The Balaban J connectivity index is 4.32. The molecular formula is C13H29N3O. The van der Waals surface area contributed by atoms with Crippen LogP contribution in [0.4, 0.5) is 0 Å². The highest BCUT2D eigenvalue weighted by Gasteiger charge is 2.22. The lowest BCUT2D eigenvalue weighted by Crippen LogP contribution is -2.46. The van der Waals surface area contributed by atoms with Crippen molar-refractivity contribution in [2.75, 3.05) is 27.2 Å². The second-order valence-electron chi connectivity index (χ2n) is 4.99. The van der Waals surface area contributed by atoms with E-state index in [1.54, 1.807) is 0 Å². The van der Waals surface area contributed by atoms with Crippen molar-refractivity contribution in [1.29, 1.82) is 0 Å². The second-order valence-corrected chi connectivity index (χ2v) is 4.99. The van der Waals surface area contributed by atoms with Gasteiger partial charge in [-0.25, -0.2) is 0 Å². The minimum atomic E-state index is -0.0977. The van der Waals surface area contributed by atoms with E-state index in [0.717, 1.165) is 12.8 Å². The van der Waals surface area contributed by atoms with Crippen LogP contribution in [0.15, 0.2) is 0 Å². The summed E-state index contributed by atoms with van der Waals surface area (Å²) in [6.45, 7) is 7.38. The summed E-state index contributed by atoms with van der Waals surface area (Å²) in [6.07, 6.45) is 2.28. The summed E-state index contributed by atoms with van der Waals surface area (Å²) < 4.78 is 0. The third-order valence-electron chi connectivity index (χ3n) is 3.54. The van der Waals surface area contributed by atoms with E-state index >= 15 is 0 Å². The molecule has 0 aromatic heterocycles. The van der Waals surface area contributed by atoms with E-state index in [4.69, 9.17) is 5.73 Å². The van der Waals surface area contributed by atoms with Gasteiger partial charge in [-0.15, -0.1) is 0 Å². The number of rotatable bonds is 8. The number of nitrogens with zero attached hydrogens (tertiary/aromatic N) is 1. The van der Waals surface area contributed by atoms with E-state index in [0.29, 0.717) is 25.0 Å². The van der Waals surface area contributed by atoms with Gasteiger partial charge in [-0.3, -0.25) is 4.79 Å². The highest BCUT2D eigenvalue weighted by atomic mass is 16.1. The van der Waals surface area contributed by atoms with Gasteiger partial charge in [0, 0.05) is 25.0 Å². The summed E-state index contributed by atoms with van der Waals surface area (Å²) in [4.78, 5) is 13.9. The number of hydrogen-bond acceptors (Lipinski definition) is 3. The van der Waals surface area contributed by atoms with E-state index in [1.807, 2.05) is 6.92 Å². The average molecular weight is 243 g/mol. The Morgan fingerprint density at radius 3 is 2.18 bits per heavy atom. The molecule has 0 spiro atoms. The van der Waals surface area contributed by atoms with Gasteiger partial charge in [-0.2, -0.15) is 0 Å². The molecule has 0 saturated carbocycles. The molecule has 0 aromatic rings. The van der Waals surface area contributed by atoms with Crippen LogP contribution in [0.5, 0.6) is 0 Å². The van der Waals surface area contributed by atoms with Crippen molar-refractivity contribution in [3.05, 3.63) is 0 Å². The molecule has 0 heterocycles. The molecule has 4 nitrogen and oxygen atoms in total. The standard InChI is InChI=1S/C13H29N3O/c1-6-11(7-2)12(16(4)5)9-15-13(17)10(3)8-14/h10-12H,6-9,14H2,1-5H3,(H,15,17). The Bertz CT molecular complexity index is 215. The van der Waals surface area contributed by atoms with Gasteiger partial charge in [0.2, 0.25) is 5.91 Å². The lowest BCUT2D eigenvalue weighted by atomic mass is 9.93. The number of nitrogens with two attached hydrogens (primary N) is 1. The Hall–Kier alpha value is -0.610. The molecule has 4 heteroatoms. The number of likely N-dealkylation sites (N-methyl/N-ethyl adjacent to an activating group) is 1. The maximum absolute atomic E-state index is 11.7. The van der Waals surface area contributed by atoms with E-state index < -0.39 is 0 Å². The highest BCUT2D eigenvalue weighted by Crippen LogP contribution is 2.16. The van der Waals surface area contributed by atoms with Crippen molar-refractivity contribution in [1.82, 2.24) is 10.2 Å². The summed E-state index contributed by atoms with van der Waals surface area (Å²) >= 11 is 0. The monoisotopic (exact) mass is 243 g/mol. The zero-order valence-electron chi connectivity index (χ0n) is 12.0. The van der Waals surface area contributed by atoms with Gasteiger partial charge in [0.25, 0.3) is 0 Å². The van der Waals surface area contributed by atoms with Gasteiger partial charge < -0.3 is 16.0 Å². The predicted octanol–water partition coefficient (Wildman–Crippen LogP) is 1.06. The molecular weight excluding hydrogens is 214 g/mol. The first-order valence-corrected chi connectivity index (χ1v) is 6.62. The Morgan fingerprint density at radius 1 is 1.29 bits per heavy atom. The van der Waals surface area contributed by atoms with Crippen molar-refractivity contribution in [2.45, 2.75) is 39.7 Å². The lowest BCUT2D eigenvalue weighted by molar-refractivity contribution is -0.124. The van der Waals surface area contributed by atoms with Gasteiger partial charge in [0.15, 0.2) is 0 Å². The van der Waals surface area contributed by atoms with Crippen molar-refractivity contribution in [3.63, 3.8) is 0 Å². The maximum atomic E-state index is 11.7. The first kappa shape index (κ1) is 16.4. The smallest absolute Gasteiger partial charge is 0.224 e. The highest BCUT2D eigenvalue weighted by molar-refractivity contribution is 5.78. The maximum Gasteiger partial charge on any atom is 0.224 e. The van der Waals surface area contributed by atoms with Crippen LogP contribution in [0.3, 0.4) is 0 Å². The van der Waals surface area contributed by atoms with E-state index in [-0.39, 0.29) is 11.8 Å². The fraction of sp³-hybridized carbons (Fsp3) is 0.923.